The van der Waals surface area contributed by atoms with Crippen LogP contribution in [0.4, 0.5) is 0 Å². The third-order valence-corrected chi connectivity index (χ3v) is 5.09. The normalized spacial score (nSPS) is 29.6. The van der Waals surface area contributed by atoms with E-state index in [4.69, 9.17) is 0 Å². The van der Waals surface area contributed by atoms with Crippen molar-refractivity contribution in [2.75, 3.05) is 0 Å². The van der Waals surface area contributed by atoms with Gasteiger partial charge in [0.25, 0.3) is 0 Å². The zero-order chi connectivity index (χ0) is 13.9. The molecule has 0 amide bonds. The first-order valence-electron chi connectivity index (χ1n) is 7.41. The van der Waals surface area contributed by atoms with Crippen molar-refractivity contribution in [3.8, 4) is 0 Å². The molecule has 0 aromatic carbocycles. The van der Waals surface area contributed by atoms with Crippen LogP contribution in [0.1, 0.15) is 47.5 Å². The van der Waals surface area contributed by atoms with Crippen LogP contribution in [0.5, 0.6) is 0 Å². The van der Waals surface area contributed by atoms with Crippen LogP contribution in [0.25, 0.3) is 0 Å². The predicted molar refractivity (Wildman–Crippen MR) is 81.4 cm³/mol. The third-order valence-electron chi connectivity index (χ3n) is 5.09. The molecule has 0 heterocycles. The Labute approximate surface area is 114 Å². The number of allylic oxidation sites excluding steroid dienone is 2. The maximum absolute atomic E-state index is 3.95. The Morgan fingerprint density at radius 1 is 1.28 bits per heavy atom. The molecule has 0 aliphatic heterocycles. The van der Waals surface area contributed by atoms with E-state index < -0.39 is 0 Å². The topological polar surface area (TPSA) is 0 Å². The van der Waals surface area contributed by atoms with E-state index >= 15 is 0 Å². The second-order valence-electron chi connectivity index (χ2n) is 6.53. The highest BCUT2D eigenvalue weighted by Gasteiger charge is 2.44. The molecule has 4 unspecified atom stereocenters. The Bertz CT molecular complexity index is 322. The van der Waals surface area contributed by atoms with Crippen LogP contribution < -0.4 is 0 Å². The monoisotopic (exact) mass is 246 g/mol. The fourth-order valence-electron chi connectivity index (χ4n) is 3.66. The molecule has 0 saturated heterocycles. The van der Waals surface area contributed by atoms with Crippen molar-refractivity contribution in [3.63, 3.8) is 0 Å². The van der Waals surface area contributed by atoms with Gasteiger partial charge in [-0.25, -0.2) is 0 Å². The van der Waals surface area contributed by atoms with Crippen molar-refractivity contribution in [3.05, 3.63) is 30.5 Å². The smallest absolute Gasteiger partial charge is 0.00757 e. The van der Waals surface area contributed by atoms with Gasteiger partial charge in [0.1, 0.15) is 0 Å². The van der Waals surface area contributed by atoms with Crippen molar-refractivity contribution in [1.29, 1.82) is 0 Å². The Balaban J connectivity index is 2.80. The molecule has 1 aliphatic carbocycles. The number of hydrogen-bond donors (Lipinski definition) is 0. The molecule has 0 spiro atoms. The van der Waals surface area contributed by atoms with Crippen molar-refractivity contribution < 1.29 is 0 Å². The Kier molecular flexibility index (Phi) is 5.47. The van der Waals surface area contributed by atoms with Gasteiger partial charge in [-0.1, -0.05) is 40.3 Å². The van der Waals surface area contributed by atoms with Crippen LogP contribution in [0.3, 0.4) is 0 Å². The summed E-state index contributed by atoms with van der Waals surface area (Å²) in [4.78, 5) is 0. The number of hydrogen-bond acceptors (Lipinski definition) is 0. The molecule has 4 atom stereocenters. The molecule has 0 nitrogen and oxygen atoms in total. The second-order valence-corrected chi connectivity index (χ2v) is 6.53. The molecule has 0 aromatic heterocycles. The zero-order valence-electron chi connectivity index (χ0n) is 12.9. The summed E-state index contributed by atoms with van der Waals surface area (Å²) in [6.07, 6.45) is 4.56. The van der Waals surface area contributed by atoms with E-state index in [2.05, 4.69) is 59.6 Å². The van der Waals surface area contributed by atoms with Crippen LogP contribution >= 0.6 is 0 Å². The fraction of sp³-hybridized carbons (Fsp3) is 0.722. The quantitative estimate of drug-likeness (QED) is 0.412. The molecule has 0 heteroatoms. The van der Waals surface area contributed by atoms with Gasteiger partial charge in [0.05, 0.1) is 0 Å². The maximum atomic E-state index is 3.95. The molecule has 18 heavy (non-hydrogen) atoms. The largest absolute Gasteiger partial charge is 0.130 e. The summed E-state index contributed by atoms with van der Waals surface area (Å²) in [6, 6.07) is 0. The molecule has 102 valence electrons. The molecule has 1 saturated carbocycles. The molecule has 0 bridgehead atoms. The van der Waals surface area contributed by atoms with Crippen molar-refractivity contribution in [1.82, 2.24) is 0 Å². The molecule has 0 N–H and O–H groups in total. The predicted octanol–water partition coefficient (Wildman–Crippen LogP) is 5.47. The summed E-state index contributed by atoms with van der Waals surface area (Å²) >= 11 is 0. The highest BCUT2D eigenvalue weighted by molar-refractivity contribution is 5.06. The first-order valence-corrected chi connectivity index (χ1v) is 7.41. The van der Waals surface area contributed by atoms with Gasteiger partial charge in [-0.15, -0.1) is 12.3 Å². The minimum Gasteiger partial charge on any atom is -0.130 e. The van der Waals surface area contributed by atoms with Crippen LogP contribution in [0.2, 0.25) is 0 Å². The fourth-order valence-corrected chi connectivity index (χ4v) is 3.66. The minimum absolute atomic E-state index is 0.612. The first kappa shape index (κ1) is 15.3. The van der Waals surface area contributed by atoms with Gasteiger partial charge in [0.2, 0.25) is 0 Å². The SMILES string of the molecule is C=C=C(C)C(C(C)C)C(CC=C)CC1C(C)C1C. The van der Waals surface area contributed by atoms with Gasteiger partial charge in [0, 0.05) is 0 Å². The van der Waals surface area contributed by atoms with E-state index in [9.17, 15) is 0 Å². The lowest BCUT2D eigenvalue weighted by Gasteiger charge is -2.30. The van der Waals surface area contributed by atoms with Crippen LogP contribution in [0, 0.1) is 35.5 Å². The lowest BCUT2D eigenvalue weighted by atomic mass is 9.74. The standard InChI is InChI=1S/C18H30/c1-8-10-16(11-17-14(6)15(17)7)18(12(3)4)13(5)9-2/h8,12,14-18H,1-2,10-11H2,3-7H3. The molecule has 1 rings (SSSR count). The Morgan fingerprint density at radius 3 is 2.17 bits per heavy atom. The van der Waals surface area contributed by atoms with Gasteiger partial charge in [0.15, 0.2) is 0 Å². The summed E-state index contributed by atoms with van der Waals surface area (Å²) in [5, 5.41) is 0. The van der Waals surface area contributed by atoms with Gasteiger partial charge in [-0.05, 0) is 60.8 Å². The van der Waals surface area contributed by atoms with Crippen molar-refractivity contribution in [2.24, 2.45) is 35.5 Å². The average Bonchev–Trinajstić information content (AvgIpc) is 2.86. The lowest BCUT2D eigenvalue weighted by molar-refractivity contribution is 0.267. The first-order chi connectivity index (χ1) is 8.43. The van der Waals surface area contributed by atoms with E-state index in [1.54, 1.807) is 0 Å². The van der Waals surface area contributed by atoms with E-state index in [-0.39, 0.29) is 0 Å². The van der Waals surface area contributed by atoms with Gasteiger partial charge >= 0.3 is 0 Å². The molecule has 0 aromatic rings. The maximum Gasteiger partial charge on any atom is -0.00757 e. The molecular formula is C18H30. The summed E-state index contributed by atoms with van der Waals surface area (Å²) in [7, 11) is 0. The van der Waals surface area contributed by atoms with E-state index in [0.29, 0.717) is 17.8 Å². The van der Waals surface area contributed by atoms with Gasteiger partial charge in [-0.3, -0.25) is 0 Å². The van der Waals surface area contributed by atoms with E-state index in [0.717, 1.165) is 24.2 Å². The minimum atomic E-state index is 0.612. The Morgan fingerprint density at radius 2 is 1.83 bits per heavy atom. The average molecular weight is 246 g/mol. The van der Waals surface area contributed by atoms with Crippen molar-refractivity contribution in [2.45, 2.75) is 47.5 Å². The highest BCUT2D eigenvalue weighted by Crippen LogP contribution is 2.51. The molecule has 1 aliphatic rings. The summed E-state index contributed by atoms with van der Waals surface area (Å²) in [6.45, 7) is 19.4. The summed E-state index contributed by atoms with van der Waals surface area (Å²) < 4.78 is 0. The lowest BCUT2D eigenvalue weighted by Crippen LogP contribution is -2.22. The highest BCUT2D eigenvalue weighted by atomic mass is 14.5. The van der Waals surface area contributed by atoms with Crippen LogP contribution in [0.15, 0.2) is 30.5 Å². The van der Waals surface area contributed by atoms with E-state index in [1.807, 2.05) is 0 Å². The van der Waals surface area contributed by atoms with Gasteiger partial charge in [-0.2, -0.15) is 0 Å². The summed E-state index contributed by atoms with van der Waals surface area (Å²) in [5.41, 5.74) is 4.46. The van der Waals surface area contributed by atoms with Crippen LogP contribution in [-0.4, -0.2) is 0 Å². The zero-order valence-corrected chi connectivity index (χ0v) is 12.9. The summed E-state index contributed by atoms with van der Waals surface area (Å²) in [5.74, 6) is 4.74. The third kappa shape index (κ3) is 3.39. The van der Waals surface area contributed by atoms with Crippen LogP contribution in [-0.2, 0) is 0 Å². The van der Waals surface area contributed by atoms with Crippen molar-refractivity contribution >= 4 is 0 Å². The van der Waals surface area contributed by atoms with Gasteiger partial charge < -0.3 is 0 Å². The number of rotatable bonds is 7. The molecule has 0 radical (unpaired) electrons. The second kappa shape index (κ2) is 6.43. The van der Waals surface area contributed by atoms with E-state index in [1.165, 1.54) is 12.0 Å². The Hall–Kier alpha value is -0.740. The molecule has 1 fully saturated rings. The molecular weight excluding hydrogens is 216 g/mol.